The van der Waals surface area contributed by atoms with Crippen molar-refractivity contribution >= 4 is 33.5 Å². The van der Waals surface area contributed by atoms with Gasteiger partial charge in [-0.1, -0.05) is 0 Å². The highest BCUT2D eigenvalue weighted by Crippen LogP contribution is 2.15. The fraction of sp³-hybridized carbons (Fsp3) is 0.143. The first-order valence-corrected chi connectivity index (χ1v) is 6.83. The number of amides is 1. The molecule has 0 aliphatic rings. The second kappa shape index (κ2) is 6.94. The topological polar surface area (TPSA) is 80.4 Å². The van der Waals surface area contributed by atoms with Gasteiger partial charge in [-0.05, 0) is 46.3 Å². The number of methoxy groups -OCH3 is 1. The summed E-state index contributed by atoms with van der Waals surface area (Å²) in [5.74, 6) is -0.318. The Labute approximate surface area is 129 Å². The van der Waals surface area contributed by atoms with Gasteiger partial charge in [0, 0.05) is 16.4 Å². The van der Waals surface area contributed by atoms with E-state index in [4.69, 9.17) is 9.47 Å². The molecule has 0 fully saturated rings. The number of ether oxygens (including phenoxy) is 2. The van der Waals surface area contributed by atoms with E-state index in [-0.39, 0.29) is 12.3 Å². The standard InChI is InChI=1S/C14H13BrN2O4/c1-20-11-4-2-10(3-5-11)17-13(18)8-21-14(19)12-6-9(15)7-16-12/h2-7,16H,8H2,1H3,(H,17,18). The monoisotopic (exact) mass is 352 g/mol. The molecule has 0 bridgehead atoms. The maximum Gasteiger partial charge on any atom is 0.355 e. The number of benzene rings is 1. The van der Waals surface area contributed by atoms with Crippen molar-refractivity contribution in [2.75, 3.05) is 19.0 Å². The van der Waals surface area contributed by atoms with E-state index in [0.717, 1.165) is 4.47 Å². The van der Waals surface area contributed by atoms with Crippen LogP contribution in [0.5, 0.6) is 5.75 Å². The second-order valence-electron chi connectivity index (χ2n) is 4.08. The van der Waals surface area contributed by atoms with Crippen molar-refractivity contribution in [1.29, 1.82) is 0 Å². The second-order valence-corrected chi connectivity index (χ2v) is 5.00. The molecule has 0 saturated heterocycles. The Kier molecular flexibility index (Phi) is 4.99. The van der Waals surface area contributed by atoms with Gasteiger partial charge in [-0.2, -0.15) is 0 Å². The molecule has 0 radical (unpaired) electrons. The van der Waals surface area contributed by atoms with Crippen LogP contribution in [0.25, 0.3) is 0 Å². The molecule has 6 nitrogen and oxygen atoms in total. The van der Waals surface area contributed by atoms with Crippen LogP contribution < -0.4 is 10.1 Å². The zero-order chi connectivity index (χ0) is 15.2. The smallest absolute Gasteiger partial charge is 0.355 e. The Balaban J connectivity index is 1.82. The molecule has 1 aromatic heterocycles. The molecule has 2 aromatic rings. The fourth-order valence-electron chi connectivity index (χ4n) is 1.57. The summed E-state index contributed by atoms with van der Waals surface area (Å²) in [4.78, 5) is 26.0. The minimum absolute atomic E-state index is 0.277. The number of rotatable bonds is 5. The van der Waals surface area contributed by atoms with Crippen molar-refractivity contribution in [3.8, 4) is 5.75 Å². The molecule has 0 saturated carbocycles. The zero-order valence-electron chi connectivity index (χ0n) is 11.2. The van der Waals surface area contributed by atoms with E-state index < -0.39 is 11.9 Å². The predicted molar refractivity (Wildman–Crippen MR) is 80.4 cm³/mol. The predicted octanol–water partition coefficient (Wildman–Crippen LogP) is 2.58. The van der Waals surface area contributed by atoms with Gasteiger partial charge >= 0.3 is 5.97 Å². The van der Waals surface area contributed by atoms with E-state index in [9.17, 15) is 9.59 Å². The number of aromatic amines is 1. The van der Waals surface area contributed by atoms with Crippen LogP contribution in [0.3, 0.4) is 0 Å². The van der Waals surface area contributed by atoms with Crippen molar-refractivity contribution in [2.24, 2.45) is 0 Å². The van der Waals surface area contributed by atoms with Crippen LogP contribution in [-0.4, -0.2) is 30.6 Å². The average Bonchev–Trinajstić information content (AvgIpc) is 2.92. The van der Waals surface area contributed by atoms with Crippen LogP contribution in [0.4, 0.5) is 5.69 Å². The van der Waals surface area contributed by atoms with Crippen LogP contribution in [0.1, 0.15) is 10.5 Å². The molecule has 110 valence electrons. The zero-order valence-corrected chi connectivity index (χ0v) is 12.8. The number of carbonyl (C=O) groups is 2. The van der Waals surface area contributed by atoms with Crippen LogP contribution in [0.15, 0.2) is 41.0 Å². The largest absolute Gasteiger partial charge is 0.497 e. The molecule has 1 amide bonds. The van der Waals surface area contributed by atoms with Crippen LogP contribution in [0.2, 0.25) is 0 Å². The molecular formula is C14H13BrN2O4. The Morgan fingerprint density at radius 1 is 1.29 bits per heavy atom. The third-order valence-corrected chi connectivity index (χ3v) is 3.03. The van der Waals surface area contributed by atoms with E-state index >= 15 is 0 Å². The summed E-state index contributed by atoms with van der Waals surface area (Å²) in [7, 11) is 1.56. The van der Waals surface area contributed by atoms with E-state index in [2.05, 4.69) is 26.2 Å². The van der Waals surface area contributed by atoms with Gasteiger partial charge in [-0.25, -0.2) is 4.79 Å². The summed E-state index contributed by atoms with van der Waals surface area (Å²) in [6, 6.07) is 8.40. The number of hydrogen-bond donors (Lipinski definition) is 2. The number of nitrogens with one attached hydrogen (secondary N) is 2. The molecule has 0 spiro atoms. The first kappa shape index (κ1) is 15.1. The number of carbonyl (C=O) groups excluding carboxylic acids is 2. The number of halogens is 1. The maximum absolute atomic E-state index is 11.7. The Hall–Kier alpha value is -2.28. The number of hydrogen-bond acceptors (Lipinski definition) is 4. The SMILES string of the molecule is COc1ccc(NC(=O)COC(=O)c2cc(Br)c[nH]2)cc1. The van der Waals surface area contributed by atoms with Crippen molar-refractivity contribution < 1.29 is 19.1 Å². The molecule has 2 rings (SSSR count). The lowest BCUT2D eigenvalue weighted by atomic mass is 10.3. The molecular weight excluding hydrogens is 340 g/mol. The number of anilines is 1. The third-order valence-electron chi connectivity index (χ3n) is 2.58. The lowest BCUT2D eigenvalue weighted by Gasteiger charge is -2.06. The molecule has 1 heterocycles. The van der Waals surface area contributed by atoms with Gasteiger partial charge in [0.1, 0.15) is 11.4 Å². The van der Waals surface area contributed by atoms with Gasteiger partial charge in [0.05, 0.1) is 7.11 Å². The van der Waals surface area contributed by atoms with Gasteiger partial charge in [-0.15, -0.1) is 0 Å². The molecule has 21 heavy (non-hydrogen) atoms. The van der Waals surface area contributed by atoms with Gasteiger partial charge < -0.3 is 19.8 Å². The highest BCUT2D eigenvalue weighted by Gasteiger charge is 2.12. The normalized spacial score (nSPS) is 10.0. The highest BCUT2D eigenvalue weighted by atomic mass is 79.9. The summed E-state index contributed by atoms with van der Waals surface area (Å²) >= 11 is 3.21. The van der Waals surface area contributed by atoms with E-state index in [1.165, 1.54) is 0 Å². The van der Waals surface area contributed by atoms with Crippen LogP contribution in [-0.2, 0) is 9.53 Å². The molecule has 1 aromatic carbocycles. The summed E-state index contributed by atoms with van der Waals surface area (Å²) in [5, 5.41) is 2.61. The van der Waals surface area contributed by atoms with Crippen LogP contribution >= 0.6 is 15.9 Å². The minimum Gasteiger partial charge on any atom is -0.497 e. The van der Waals surface area contributed by atoms with Crippen molar-refractivity contribution in [3.63, 3.8) is 0 Å². The first-order chi connectivity index (χ1) is 10.1. The third kappa shape index (κ3) is 4.35. The molecule has 0 atom stereocenters. The van der Waals surface area contributed by atoms with E-state index in [0.29, 0.717) is 11.4 Å². The Morgan fingerprint density at radius 3 is 2.57 bits per heavy atom. The number of esters is 1. The minimum atomic E-state index is -0.592. The van der Waals surface area contributed by atoms with Crippen molar-refractivity contribution in [3.05, 3.63) is 46.7 Å². The highest BCUT2D eigenvalue weighted by molar-refractivity contribution is 9.10. The molecule has 0 aliphatic carbocycles. The number of H-pyrrole nitrogens is 1. The first-order valence-electron chi connectivity index (χ1n) is 6.03. The molecule has 7 heteroatoms. The maximum atomic E-state index is 11.7. The van der Waals surface area contributed by atoms with Gasteiger partial charge in [0.15, 0.2) is 6.61 Å². The van der Waals surface area contributed by atoms with Crippen molar-refractivity contribution in [2.45, 2.75) is 0 Å². The molecule has 0 unspecified atom stereocenters. The summed E-state index contributed by atoms with van der Waals surface area (Å²) in [6.07, 6.45) is 1.61. The van der Waals surface area contributed by atoms with Crippen LogP contribution in [0, 0.1) is 0 Å². The van der Waals surface area contributed by atoms with Gasteiger partial charge in [0.2, 0.25) is 0 Å². The molecule has 2 N–H and O–H groups in total. The summed E-state index contributed by atoms with van der Waals surface area (Å²) < 4.78 is 10.6. The van der Waals surface area contributed by atoms with Gasteiger partial charge in [-0.3, -0.25) is 4.79 Å². The van der Waals surface area contributed by atoms with Crippen molar-refractivity contribution in [1.82, 2.24) is 4.98 Å². The number of aromatic nitrogens is 1. The van der Waals surface area contributed by atoms with Gasteiger partial charge in [0.25, 0.3) is 5.91 Å². The average molecular weight is 353 g/mol. The Morgan fingerprint density at radius 2 is 2.00 bits per heavy atom. The summed E-state index contributed by atoms with van der Waals surface area (Å²) in [6.45, 7) is -0.360. The molecule has 0 aliphatic heterocycles. The fourth-order valence-corrected chi connectivity index (χ4v) is 1.91. The Bertz CT molecular complexity index is 637. The van der Waals surface area contributed by atoms with E-state index in [1.54, 1.807) is 43.6 Å². The lowest BCUT2D eigenvalue weighted by Crippen LogP contribution is -2.21. The lowest BCUT2D eigenvalue weighted by molar-refractivity contribution is -0.119. The quantitative estimate of drug-likeness (QED) is 0.810. The van der Waals surface area contributed by atoms with E-state index in [1.807, 2.05) is 0 Å². The summed E-state index contributed by atoms with van der Waals surface area (Å²) in [5.41, 5.74) is 0.874.